The summed E-state index contributed by atoms with van der Waals surface area (Å²) in [5.41, 5.74) is 1.83. The molecule has 138 valence electrons. The minimum absolute atomic E-state index is 0.232. The standard InChI is InChI=1S/C18H22N4O4/c1-11-14-8-19-22(13-9-26-10-13)16(14)21-15(20-11)12-4-6-18(25-3,7-5-12)17(23)24-2/h4,8,13H,5-7,9-10H2,1-3H3. The van der Waals surface area contributed by atoms with Gasteiger partial charge in [0.2, 0.25) is 0 Å². The molecule has 2 aromatic heterocycles. The van der Waals surface area contributed by atoms with Crippen LogP contribution in [-0.2, 0) is 19.0 Å². The van der Waals surface area contributed by atoms with Gasteiger partial charge in [0.25, 0.3) is 0 Å². The van der Waals surface area contributed by atoms with Crippen LogP contribution in [0.1, 0.15) is 36.8 Å². The zero-order valence-electron chi connectivity index (χ0n) is 15.2. The number of nitrogens with zero attached hydrogens (tertiary/aromatic N) is 4. The molecule has 26 heavy (non-hydrogen) atoms. The molecule has 2 aliphatic rings. The number of carbonyl (C=O) groups is 1. The number of esters is 1. The lowest BCUT2D eigenvalue weighted by Gasteiger charge is -2.32. The summed E-state index contributed by atoms with van der Waals surface area (Å²) in [6.07, 6.45) is 5.43. The Balaban J connectivity index is 1.69. The van der Waals surface area contributed by atoms with Crippen LogP contribution in [0.25, 0.3) is 16.6 Å². The van der Waals surface area contributed by atoms with Crippen LogP contribution in [-0.4, -0.2) is 58.8 Å². The van der Waals surface area contributed by atoms with E-state index in [9.17, 15) is 4.79 Å². The molecule has 1 atom stereocenters. The molecule has 1 aliphatic carbocycles. The van der Waals surface area contributed by atoms with E-state index in [-0.39, 0.29) is 12.0 Å². The monoisotopic (exact) mass is 358 g/mol. The molecule has 1 saturated heterocycles. The second-order valence-corrected chi connectivity index (χ2v) is 6.77. The average Bonchev–Trinajstić information content (AvgIpc) is 3.04. The number of ether oxygens (including phenoxy) is 3. The van der Waals surface area contributed by atoms with Gasteiger partial charge in [-0.2, -0.15) is 5.10 Å². The van der Waals surface area contributed by atoms with Crippen molar-refractivity contribution in [3.63, 3.8) is 0 Å². The van der Waals surface area contributed by atoms with Gasteiger partial charge in [-0.25, -0.2) is 19.4 Å². The van der Waals surface area contributed by atoms with Gasteiger partial charge in [-0.05, 0) is 25.3 Å². The molecule has 0 amide bonds. The van der Waals surface area contributed by atoms with Crippen LogP contribution >= 0.6 is 0 Å². The van der Waals surface area contributed by atoms with Crippen molar-refractivity contribution >= 4 is 22.6 Å². The third-order valence-corrected chi connectivity index (χ3v) is 5.32. The molecule has 0 aromatic carbocycles. The van der Waals surface area contributed by atoms with E-state index < -0.39 is 5.60 Å². The highest BCUT2D eigenvalue weighted by atomic mass is 16.6. The lowest BCUT2D eigenvalue weighted by Crippen LogP contribution is -2.42. The van der Waals surface area contributed by atoms with Crippen LogP contribution < -0.4 is 0 Å². The van der Waals surface area contributed by atoms with Gasteiger partial charge in [-0.15, -0.1) is 0 Å². The van der Waals surface area contributed by atoms with E-state index >= 15 is 0 Å². The molecule has 0 spiro atoms. The van der Waals surface area contributed by atoms with Crippen molar-refractivity contribution in [3.8, 4) is 0 Å². The lowest BCUT2D eigenvalue weighted by molar-refractivity contribution is -0.166. The first kappa shape index (κ1) is 17.1. The average molecular weight is 358 g/mol. The van der Waals surface area contributed by atoms with E-state index in [1.54, 1.807) is 7.11 Å². The van der Waals surface area contributed by atoms with Crippen LogP contribution in [0.3, 0.4) is 0 Å². The maximum absolute atomic E-state index is 12.1. The van der Waals surface area contributed by atoms with Gasteiger partial charge in [-0.1, -0.05) is 6.08 Å². The lowest BCUT2D eigenvalue weighted by atomic mass is 9.85. The van der Waals surface area contributed by atoms with Gasteiger partial charge in [-0.3, -0.25) is 0 Å². The van der Waals surface area contributed by atoms with Crippen LogP contribution in [0.2, 0.25) is 0 Å². The third kappa shape index (κ3) is 2.60. The van der Waals surface area contributed by atoms with Gasteiger partial charge in [0.15, 0.2) is 17.1 Å². The summed E-state index contributed by atoms with van der Waals surface area (Å²) in [7, 11) is 2.93. The molecule has 4 rings (SSSR count). The summed E-state index contributed by atoms with van der Waals surface area (Å²) >= 11 is 0. The van der Waals surface area contributed by atoms with E-state index in [0.29, 0.717) is 38.3 Å². The highest BCUT2D eigenvalue weighted by Gasteiger charge is 2.41. The van der Waals surface area contributed by atoms with E-state index in [1.807, 2.05) is 23.9 Å². The summed E-state index contributed by atoms with van der Waals surface area (Å²) in [5.74, 6) is 0.345. The molecule has 0 N–H and O–H groups in total. The molecule has 0 bridgehead atoms. The van der Waals surface area contributed by atoms with Crippen molar-refractivity contribution in [2.45, 2.75) is 37.8 Å². The van der Waals surface area contributed by atoms with Crippen LogP contribution in [0.15, 0.2) is 12.3 Å². The maximum atomic E-state index is 12.1. The number of methoxy groups -OCH3 is 2. The first-order chi connectivity index (χ1) is 12.6. The number of aromatic nitrogens is 4. The third-order valence-electron chi connectivity index (χ3n) is 5.32. The molecular formula is C18H22N4O4. The van der Waals surface area contributed by atoms with Crippen molar-refractivity contribution in [3.05, 3.63) is 23.8 Å². The molecule has 3 heterocycles. The topological polar surface area (TPSA) is 88.4 Å². The number of fused-ring (bicyclic) bond motifs is 1. The Labute approximate surface area is 151 Å². The van der Waals surface area contributed by atoms with Crippen LogP contribution in [0, 0.1) is 6.92 Å². The Morgan fingerprint density at radius 2 is 2.15 bits per heavy atom. The van der Waals surface area contributed by atoms with E-state index in [0.717, 1.165) is 22.3 Å². The molecule has 1 fully saturated rings. The normalized spacial score (nSPS) is 23.6. The highest BCUT2D eigenvalue weighted by Crippen LogP contribution is 2.35. The molecule has 0 saturated carbocycles. The van der Waals surface area contributed by atoms with Gasteiger partial charge in [0.1, 0.15) is 6.04 Å². The molecule has 0 radical (unpaired) electrons. The van der Waals surface area contributed by atoms with Crippen molar-refractivity contribution in [1.29, 1.82) is 0 Å². The van der Waals surface area contributed by atoms with Crippen molar-refractivity contribution < 1.29 is 19.0 Å². The van der Waals surface area contributed by atoms with E-state index in [2.05, 4.69) is 10.1 Å². The molecule has 8 heteroatoms. The van der Waals surface area contributed by atoms with Crippen LogP contribution in [0.5, 0.6) is 0 Å². The summed E-state index contributed by atoms with van der Waals surface area (Å²) in [6, 6.07) is 0.232. The second-order valence-electron chi connectivity index (χ2n) is 6.77. The second kappa shape index (κ2) is 6.44. The van der Waals surface area contributed by atoms with Gasteiger partial charge in [0.05, 0.1) is 37.6 Å². The molecule has 1 aliphatic heterocycles. The van der Waals surface area contributed by atoms with Crippen LogP contribution in [0.4, 0.5) is 0 Å². The minimum atomic E-state index is -0.914. The fourth-order valence-electron chi connectivity index (χ4n) is 3.51. The molecular weight excluding hydrogens is 336 g/mol. The summed E-state index contributed by atoms with van der Waals surface area (Å²) < 4.78 is 17.6. The van der Waals surface area contributed by atoms with Crippen molar-refractivity contribution in [1.82, 2.24) is 19.7 Å². The first-order valence-electron chi connectivity index (χ1n) is 8.70. The molecule has 1 unspecified atom stereocenters. The predicted octanol–water partition coefficient (Wildman–Crippen LogP) is 1.83. The quantitative estimate of drug-likeness (QED) is 0.770. The molecule has 8 nitrogen and oxygen atoms in total. The predicted molar refractivity (Wildman–Crippen MR) is 93.5 cm³/mol. The fourth-order valence-corrected chi connectivity index (χ4v) is 3.51. The van der Waals surface area contributed by atoms with Gasteiger partial charge >= 0.3 is 5.97 Å². The Kier molecular flexibility index (Phi) is 4.24. The number of aryl methyl sites for hydroxylation is 1. The number of hydrogen-bond donors (Lipinski definition) is 0. The smallest absolute Gasteiger partial charge is 0.338 e. The summed E-state index contributed by atoms with van der Waals surface area (Å²) in [6.45, 7) is 3.29. The summed E-state index contributed by atoms with van der Waals surface area (Å²) in [5, 5.41) is 5.42. The highest BCUT2D eigenvalue weighted by molar-refractivity contribution is 5.82. The van der Waals surface area contributed by atoms with Gasteiger partial charge < -0.3 is 14.2 Å². The van der Waals surface area contributed by atoms with E-state index in [1.165, 1.54) is 7.11 Å². The number of rotatable bonds is 4. The number of allylic oxidation sites excluding steroid dienone is 1. The Morgan fingerprint density at radius 1 is 1.35 bits per heavy atom. The summed E-state index contributed by atoms with van der Waals surface area (Å²) in [4.78, 5) is 21.5. The van der Waals surface area contributed by atoms with E-state index in [4.69, 9.17) is 19.2 Å². The first-order valence-corrected chi connectivity index (χ1v) is 8.70. The Hall–Kier alpha value is -2.32. The minimum Gasteiger partial charge on any atom is -0.467 e. The maximum Gasteiger partial charge on any atom is 0.338 e. The Bertz CT molecular complexity index is 887. The number of carbonyl (C=O) groups excluding carboxylic acids is 1. The largest absolute Gasteiger partial charge is 0.467 e. The van der Waals surface area contributed by atoms with Crippen molar-refractivity contribution in [2.24, 2.45) is 0 Å². The van der Waals surface area contributed by atoms with Gasteiger partial charge in [0, 0.05) is 13.5 Å². The Morgan fingerprint density at radius 3 is 2.73 bits per heavy atom. The molecule has 2 aromatic rings. The fraction of sp³-hybridized carbons (Fsp3) is 0.556. The zero-order chi connectivity index (χ0) is 18.3. The zero-order valence-corrected chi connectivity index (χ0v) is 15.2. The number of hydrogen-bond acceptors (Lipinski definition) is 7. The van der Waals surface area contributed by atoms with Crippen molar-refractivity contribution in [2.75, 3.05) is 27.4 Å². The SMILES string of the molecule is COC(=O)C1(OC)CC=C(c2nc(C)c3cnn(C4COC4)c3n2)CC1.